The molecule has 1 atom stereocenters. The Balaban J connectivity index is 1.45. The van der Waals surface area contributed by atoms with Crippen molar-refractivity contribution in [1.82, 2.24) is 14.9 Å². The standard InChI is InChI=1S/C31H34F3N3O4/c1-30(2,3)41-29(40)37-15-14-24(19-37)22-10-8-20(9-11-22)16-27-35-18-25(31(32,33)34)26(36-27)13-12-21-6-4-5-7-23(21)17-28(38)39/h4-11,18,24H,12-17,19H2,1-3H3,(H,38,39). The third kappa shape index (κ3) is 8.28. The molecule has 2 heterocycles. The number of carboxylic acids is 1. The van der Waals surface area contributed by atoms with E-state index < -0.39 is 23.3 Å². The first kappa shape index (κ1) is 30.0. The monoisotopic (exact) mass is 569 g/mol. The van der Waals surface area contributed by atoms with Gasteiger partial charge < -0.3 is 14.7 Å². The average Bonchev–Trinajstić information content (AvgIpc) is 3.37. The maximum absolute atomic E-state index is 13.7. The minimum atomic E-state index is -4.61. The first-order chi connectivity index (χ1) is 19.3. The molecule has 1 amide bonds. The van der Waals surface area contributed by atoms with Crippen molar-refractivity contribution in [2.75, 3.05) is 13.1 Å². The van der Waals surface area contributed by atoms with Crippen LogP contribution in [0.4, 0.5) is 18.0 Å². The summed E-state index contributed by atoms with van der Waals surface area (Å²) in [4.78, 5) is 33.6. The molecule has 218 valence electrons. The zero-order chi connectivity index (χ0) is 29.8. The number of likely N-dealkylation sites (tertiary alicyclic amines) is 1. The van der Waals surface area contributed by atoms with Crippen molar-refractivity contribution in [1.29, 1.82) is 0 Å². The van der Waals surface area contributed by atoms with E-state index in [0.717, 1.165) is 23.7 Å². The highest BCUT2D eigenvalue weighted by atomic mass is 19.4. The summed E-state index contributed by atoms with van der Waals surface area (Å²) in [6.45, 7) is 6.69. The van der Waals surface area contributed by atoms with Crippen LogP contribution in [0.25, 0.3) is 0 Å². The molecule has 1 aliphatic heterocycles. The van der Waals surface area contributed by atoms with E-state index in [1.807, 2.05) is 45.0 Å². The highest BCUT2D eigenvalue weighted by Crippen LogP contribution is 2.32. The molecule has 2 aromatic carbocycles. The van der Waals surface area contributed by atoms with Gasteiger partial charge in [-0.2, -0.15) is 13.2 Å². The Hall–Kier alpha value is -3.95. The molecule has 10 heteroatoms. The summed E-state index contributed by atoms with van der Waals surface area (Å²) in [5, 5.41) is 9.16. The van der Waals surface area contributed by atoms with Crippen LogP contribution in [0.15, 0.2) is 54.7 Å². The maximum atomic E-state index is 13.7. The van der Waals surface area contributed by atoms with Crippen molar-refractivity contribution >= 4 is 12.1 Å². The van der Waals surface area contributed by atoms with Crippen molar-refractivity contribution in [2.45, 2.75) is 70.6 Å². The summed E-state index contributed by atoms with van der Waals surface area (Å²) >= 11 is 0. The Kier molecular flexibility index (Phi) is 8.99. The Morgan fingerprint density at radius 2 is 1.71 bits per heavy atom. The van der Waals surface area contributed by atoms with Crippen LogP contribution in [0, 0.1) is 0 Å². The maximum Gasteiger partial charge on any atom is 0.419 e. The molecule has 0 spiro atoms. The van der Waals surface area contributed by atoms with Gasteiger partial charge in [-0.1, -0.05) is 48.5 Å². The van der Waals surface area contributed by atoms with E-state index in [9.17, 15) is 22.8 Å². The Morgan fingerprint density at radius 3 is 2.34 bits per heavy atom. The normalized spacial score (nSPS) is 15.7. The predicted molar refractivity (Wildman–Crippen MR) is 147 cm³/mol. The molecular weight excluding hydrogens is 535 g/mol. The first-order valence-electron chi connectivity index (χ1n) is 13.6. The minimum absolute atomic E-state index is 0.00420. The van der Waals surface area contributed by atoms with Gasteiger partial charge in [0.2, 0.25) is 0 Å². The molecular formula is C31H34F3N3O4. The lowest BCUT2D eigenvalue weighted by Crippen LogP contribution is -2.35. The molecule has 1 N–H and O–H groups in total. The molecule has 0 aliphatic carbocycles. The van der Waals surface area contributed by atoms with Gasteiger partial charge in [-0.05, 0) is 62.3 Å². The number of hydrogen-bond acceptors (Lipinski definition) is 5. The first-order valence-corrected chi connectivity index (χ1v) is 13.6. The van der Waals surface area contributed by atoms with E-state index >= 15 is 0 Å². The van der Waals surface area contributed by atoms with Crippen LogP contribution >= 0.6 is 0 Å². The van der Waals surface area contributed by atoms with Gasteiger partial charge in [0.25, 0.3) is 0 Å². The molecule has 0 radical (unpaired) electrons. The smallest absolute Gasteiger partial charge is 0.419 e. The summed E-state index contributed by atoms with van der Waals surface area (Å²) in [5.74, 6) is -0.553. The number of amides is 1. The summed E-state index contributed by atoms with van der Waals surface area (Å²) in [6.07, 6.45) is -3.00. The van der Waals surface area contributed by atoms with Crippen molar-refractivity contribution in [3.05, 3.63) is 94.1 Å². The van der Waals surface area contributed by atoms with Gasteiger partial charge in [0.1, 0.15) is 11.4 Å². The lowest BCUT2D eigenvalue weighted by Gasteiger charge is -2.24. The predicted octanol–water partition coefficient (Wildman–Crippen LogP) is 6.22. The number of nitrogens with zero attached hydrogens (tertiary/aromatic N) is 3. The zero-order valence-electron chi connectivity index (χ0n) is 23.4. The Bertz CT molecular complexity index is 1380. The number of carboxylic acid groups (broad SMARTS) is 1. The second-order valence-corrected chi connectivity index (χ2v) is 11.3. The number of aliphatic carboxylic acids is 1. The zero-order valence-corrected chi connectivity index (χ0v) is 23.4. The number of rotatable bonds is 8. The summed E-state index contributed by atoms with van der Waals surface area (Å²) < 4.78 is 46.7. The van der Waals surface area contributed by atoms with Gasteiger partial charge in [0, 0.05) is 31.6 Å². The van der Waals surface area contributed by atoms with Gasteiger partial charge in [0.15, 0.2) is 0 Å². The van der Waals surface area contributed by atoms with Crippen LogP contribution in [0.3, 0.4) is 0 Å². The topological polar surface area (TPSA) is 92.6 Å². The number of ether oxygens (including phenoxy) is 1. The van der Waals surface area contributed by atoms with E-state index in [1.54, 1.807) is 29.2 Å². The van der Waals surface area contributed by atoms with Gasteiger partial charge in [-0.25, -0.2) is 14.8 Å². The van der Waals surface area contributed by atoms with Crippen LogP contribution < -0.4 is 0 Å². The SMILES string of the molecule is CC(C)(C)OC(=O)N1CCC(c2ccc(Cc3ncc(C(F)(F)F)c(CCc4ccccc4CC(=O)O)n3)cc2)C1. The van der Waals surface area contributed by atoms with Crippen LogP contribution in [-0.2, 0) is 41.4 Å². The third-order valence-corrected chi connectivity index (χ3v) is 6.97. The molecule has 7 nitrogen and oxygen atoms in total. The fourth-order valence-electron chi connectivity index (χ4n) is 4.98. The summed E-state index contributed by atoms with van der Waals surface area (Å²) in [5.41, 5.74) is 1.63. The van der Waals surface area contributed by atoms with E-state index in [1.165, 1.54) is 0 Å². The van der Waals surface area contributed by atoms with Crippen molar-refractivity contribution in [3.63, 3.8) is 0 Å². The molecule has 0 saturated carbocycles. The quantitative estimate of drug-likeness (QED) is 0.346. The molecule has 41 heavy (non-hydrogen) atoms. The number of carbonyl (C=O) groups is 2. The minimum Gasteiger partial charge on any atom is -0.481 e. The summed E-state index contributed by atoms with van der Waals surface area (Å²) in [7, 11) is 0. The fourth-order valence-corrected chi connectivity index (χ4v) is 4.98. The highest BCUT2D eigenvalue weighted by molar-refractivity contribution is 5.70. The third-order valence-electron chi connectivity index (χ3n) is 6.97. The summed E-state index contributed by atoms with van der Waals surface area (Å²) in [6, 6.07) is 14.6. The largest absolute Gasteiger partial charge is 0.481 e. The Labute approximate surface area is 237 Å². The molecule has 1 unspecified atom stereocenters. The van der Waals surface area contributed by atoms with Crippen LogP contribution in [0.1, 0.15) is 72.4 Å². The molecule has 0 bridgehead atoms. The van der Waals surface area contributed by atoms with E-state index in [0.29, 0.717) is 24.2 Å². The van der Waals surface area contributed by atoms with Gasteiger partial charge in [0.05, 0.1) is 17.7 Å². The molecule has 3 aromatic rings. The van der Waals surface area contributed by atoms with Gasteiger partial charge in [-0.3, -0.25) is 4.79 Å². The number of alkyl halides is 3. The number of benzene rings is 2. The van der Waals surface area contributed by atoms with E-state index in [4.69, 9.17) is 9.84 Å². The Morgan fingerprint density at radius 1 is 1.02 bits per heavy atom. The molecule has 1 fully saturated rings. The van der Waals surface area contributed by atoms with E-state index in [2.05, 4.69) is 9.97 Å². The number of aryl methyl sites for hydroxylation is 2. The van der Waals surface area contributed by atoms with E-state index in [-0.39, 0.29) is 49.2 Å². The number of halogens is 3. The van der Waals surface area contributed by atoms with Crippen molar-refractivity contribution in [3.8, 4) is 0 Å². The van der Waals surface area contributed by atoms with Crippen molar-refractivity contribution < 1.29 is 32.6 Å². The molecule has 4 rings (SSSR count). The van der Waals surface area contributed by atoms with Crippen LogP contribution in [-0.4, -0.2) is 50.7 Å². The van der Waals surface area contributed by atoms with Gasteiger partial charge >= 0.3 is 18.2 Å². The van der Waals surface area contributed by atoms with Crippen LogP contribution in [0.5, 0.6) is 0 Å². The lowest BCUT2D eigenvalue weighted by atomic mass is 9.96. The van der Waals surface area contributed by atoms with Gasteiger partial charge in [-0.15, -0.1) is 0 Å². The highest BCUT2D eigenvalue weighted by Gasteiger charge is 2.35. The average molecular weight is 570 g/mol. The fraction of sp³-hybridized carbons (Fsp3) is 0.419. The molecule has 1 aromatic heterocycles. The molecule has 1 aliphatic rings. The second kappa shape index (κ2) is 12.3. The second-order valence-electron chi connectivity index (χ2n) is 11.3. The number of hydrogen-bond donors (Lipinski definition) is 1. The van der Waals surface area contributed by atoms with Crippen molar-refractivity contribution in [2.24, 2.45) is 0 Å². The van der Waals surface area contributed by atoms with Crippen LogP contribution in [0.2, 0.25) is 0 Å². The molecule has 1 saturated heterocycles. The number of aromatic nitrogens is 2. The lowest BCUT2D eigenvalue weighted by molar-refractivity contribution is -0.139. The number of carbonyl (C=O) groups excluding carboxylic acids is 1.